The largest absolute Gasteiger partial charge is 0.265 e. The minimum atomic E-state index is -3.97. The summed E-state index contributed by atoms with van der Waals surface area (Å²) in [6.45, 7) is 0. The second-order valence-electron chi connectivity index (χ2n) is 3.10. The Hall–Kier alpha value is -2.05. The van der Waals surface area contributed by atoms with Gasteiger partial charge >= 0.3 is 0 Å². The number of anilines is 1. The number of nitrogens with zero attached hydrogens (tertiary/aromatic N) is 3. The monoisotopic (exact) mass is 284 g/mol. The van der Waals surface area contributed by atoms with E-state index in [2.05, 4.69) is 14.1 Å². The molecule has 18 heavy (non-hydrogen) atoms. The first kappa shape index (κ1) is 12.4. The fourth-order valence-corrected chi connectivity index (χ4v) is 3.01. The zero-order valence-corrected chi connectivity index (χ0v) is 10.3. The van der Waals surface area contributed by atoms with Gasteiger partial charge in [0, 0.05) is 11.5 Å². The zero-order chi connectivity index (χ0) is 13.2. The second kappa shape index (κ2) is 4.67. The van der Waals surface area contributed by atoms with Gasteiger partial charge in [-0.25, -0.2) is 17.8 Å². The summed E-state index contributed by atoms with van der Waals surface area (Å²) in [6.07, 6.45) is 1.19. The summed E-state index contributed by atoms with van der Waals surface area (Å²) in [5.74, 6) is -0.679. The summed E-state index contributed by atoms with van der Waals surface area (Å²) in [7, 11) is -3.97. The van der Waals surface area contributed by atoms with Gasteiger partial charge in [-0.05, 0) is 18.2 Å². The summed E-state index contributed by atoms with van der Waals surface area (Å²) in [6, 6.07) is 4.48. The van der Waals surface area contributed by atoms with E-state index in [4.69, 9.17) is 5.26 Å². The van der Waals surface area contributed by atoms with Gasteiger partial charge < -0.3 is 0 Å². The highest BCUT2D eigenvalue weighted by atomic mass is 32.2. The third-order valence-corrected chi connectivity index (χ3v) is 4.04. The number of aromatic nitrogens is 2. The molecule has 0 amide bonds. The molecule has 0 aliphatic carbocycles. The van der Waals surface area contributed by atoms with Gasteiger partial charge in [-0.3, -0.25) is 4.72 Å². The molecule has 0 saturated heterocycles. The van der Waals surface area contributed by atoms with Crippen molar-refractivity contribution in [2.24, 2.45) is 0 Å². The normalized spacial score (nSPS) is 10.9. The van der Waals surface area contributed by atoms with Gasteiger partial charge in [0.15, 0.2) is 0 Å². The molecule has 0 atom stereocenters. The molecule has 2 rings (SSSR count). The fourth-order valence-electron chi connectivity index (χ4n) is 1.21. The van der Waals surface area contributed by atoms with Crippen LogP contribution in [-0.2, 0) is 10.0 Å². The van der Waals surface area contributed by atoms with Crippen molar-refractivity contribution in [3.8, 4) is 6.07 Å². The van der Waals surface area contributed by atoms with Crippen molar-refractivity contribution >= 4 is 26.7 Å². The third kappa shape index (κ3) is 2.44. The maximum Gasteiger partial charge on any atom is 0.265 e. The lowest BCUT2D eigenvalue weighted by Gasteiger charge is -2.06. The van der Waals surface area contributed by atoms with Crippen LogP contribution in [0.3, 0.4) is 0 Å². The Kier molecular flexibility index (Phi) is 3.22. The van der Waals surface area contributed by atoms with Crippen LogP contribution in [0.25, 0.3) is 0 Å². The van der Waals surface area contributed by atoms with Crippen LogP contribution in [0.2, 0.25) is 0 Å². The van der Waals surface area contributed by atoms with E-state index in [1.807, 2.05) is 0 Å². The number of sulfonamides is 1. The minimum absolute atomic E-state index is 0.0724. The van der Waals surface area contributed by atoms with Crippen LogP contribution in [0.4, 0.5) is 9.52 Å². The molecule has 0 unspecified atom stereocenters. The van der Waals surface area contributed by atoms with E-state index in [0.29, 0.717) is 0 Å². The highest BCUT2D eigenvalue weighted by molar-refractivity contribution is 7.93. The van der Waals surface area contributed by atoms with Gasteiger partial charge in [-0.1, -0.05) is 0 Å². The van der Waals surface area contributed by atoms with Gasteiger partial charge in [0.2, 0.25) is 5.13 Å². The minimum Gasteiger partial charge on any atom is -0.253 e. The van der Waals surface area contributed by atoms with Crippen molar-refractivity contribution in [2.75, 3.05) is 4.72 Å². The van der Waals surface area contributed by atoms with E-state index in [1.54, 1.807) is 6.07 Å². The van der Waals surface area contributed by atoms with Crippen molar-refractivity contribution in [1.29, 1.82) is 5.26 Å². The number of nitrogens with one attached hydrogen (secondary N) is 1. The molecule has 1 heterocycles. The Labute approximate surface area is 106 Å². The molecular weight excluding hydrogens is 279 g/mol. The standard InChI is InChI=1S/C9H5FN4O2S2/c10-7-1-2-8(6(3-7)4-11)18(15,16)14-9-12-5-13-17-9/h1-3,5H,(H,12,13,14). The first-order chi connectivity index (χ1) is 8.53. The van der Waals surface area contributed by atoms with Crippen molar-refractivity contribution in [3.63, 3.8) is 0 Å². The summed E-state index contributed by atoms with van der Waals surface area (Å²) >= 11 is 0.853. The lowest BCUT2D eigenvalue weighted by Crippen LogP contribution is -2.14. The third-order valence-electron chi connectivity index (χ3n) is 1.93. The highest BCUT2D eigenvalue weighted by Crippen LogP contribution is 2.20. The Bertz CT molecular complexity index is 707. The molecule has 2 aromatic rings. The van der Waals surface area contributed by atoms with Crippen LogP contribution in [-0.4, -0.2) is 17.8 Å². The number of hydrogen-bond acceptors (Lipinski definition) is 6. The van der Waals surface area contributed by atoms with E-state index in [0.717, 1.165) is 29.7 Å². The molecule has 1 aromatic heterocycles. The van der Waals surface area contributed by atoms with E-state index < -0.39 is 15.8 Å². The van der Waals surface area contributed by atoms with Crippen LogP contribution in [0, 0.1) is 17.1 Å². The summed E-state index contributed by atoms with van der Waals surface area (Å²) < 4.78 is 42.6. The zero-order valence-electron chi connectivity index (χ0n) is 8.66. The molecule has 0 spiro atoms. The van der Waals surface area contributed by atoms with E-state index in [-0.39, 0.29) is 15.6 Å². The molecule has 0 aliphatic heterocycles. The van der Waals surface area contributed by atoms with Crippen LogP contribution in [0.1, 0.15) is 5.56 Å². The van der Waals surface area contributed by atoms with Crippen molar-refractivity contribution in [1.82, 2.24) is 9.36 Å². The predicted molar refractivity (Wildman–Crippen MR) is 61.8 cm³/mol. The van der Waals surface area contributed by atoms with Gasteiger partial charge in [0.1, 0.15) is 23.1 Å². The Morgan fingerprint density at radius 1 is 1.44 bits per heavy atom. The van der Waals surface area contributed by atoms with Crippen molar-refractivity contribution in [2.45, 2.75) is 4.90 Å². The first-order valence-electron chi connectivity index (χ1n) is 4.52. The number of halogens is 1. The summed E-state index contributed by atoms with van der Waals surface area (Å²) in [5.41, 5.74) is -0.271. The maximum atomic E-state index is 12.9. The van der Waals surface area contributed by atoms with Gasteiger partial charge in [-0.15, -0.1) is 0 Å². The Morgan fingerprint density at radius 3 is 2.83 bits per heavy atom. The van der Waals surface area contributed by atoms with Crippen molar-refractivity contribution in [3.05, 3.63) is 35.9 Å². The molecule has 1 N–H and O–H groups in total. The number of hydrogen-bond donors (Lipinski definition) is 1. The Morgan fingerprint density at radius 2 is 2.22 bits per heavy atom. The molecule has 1 aromatic carbocycles. The average Bonchev–Trinajstić information content (AvgIpc) is 2.80. The van der Waals surface area contributed by atoms with Crippen molar-refractivity contribution < 1.29 is 12.8 Å². The fraction of sp³-hybridized carbons (Fsp3) is 0. The number of nitriles is 1. The maximum absolute atomic E-state index is 12.9. The van der Waals surface area contributed by atoms with Gasteiger partial charge in [-0.2, -0.15) is 9.64 Å². The summed E-state index contributed by atoms with van der Waals surface area (Å²) in [4.78, 5) is 3.36. The smallest absolute Gasteiger partial charge is 0.253 e. The van der Waals surface area contributed by atoms with Crippen LogP contribution < -0.4 is 4.72 Å². The molecule has 9 heteroatoms. The molecular formula is C9H5FN4O2S2. The number of benzene rings is 1. The summed E-state index contributed by atoms with van der Waals surface area (Å²) in [5, 5.41) is 8.87. The van der Waals surface area contributed by atoms with Gasteiger partial charge in [0.05, 0.1) is 5.56 Å². The van der Waals surface area contributed by atoms with E-state index >= 15 is 0 Å². The SMILES string of the molecule is N#Cc1cc(F)ccc1S(=O)(=O)Nc1ncns1. The predicted octanol–water partition coefficient (Wildman–Crippen LogP) is 1.35. The lowest BCUT2D eigenvalue weighted by atomic mass is 10.2. The molecule has 0 fully saturated rings. The highest BCUT2D eigenvalue weighted by Gasteiger charge is 2.20. The Balaban J connectivity index is 2.45. The quantitative estimate of drug-likeness (QED) is 0.917. The van der Waals surface area contributed by atoms with E-state index in [1.165, 1.54) is 6.33 Å². The number of rotatable bonds is 3. The molecule has 0 radical (unpaired) electrons. The molecule has 6 nitrogen and oxygen atoms in total. The second-order valence-corrected chi connectivity index (χ2v) is 5.54. The van der Waals surface area contributed by atoms with E-state index in [9.17, 15) is 12.8 Å². The van der Waals surface area contributed by atoms with Crippen LogP contribution in [0.15, 0.2) is 29.4 Å². The van der Waals surface area contributed by atoms with Gasteiger partial charge in [0.25, 0.3) is 10.0 Å². The molecule has 0 bridgehead atoms. The first-order valence-corrected chi connectivity index (χ1v) is 6.78. The lowest BCUT2D eigenvalue weighted by molar-refractivity contribution is 0.599. The van der Waals surface area contributed by atoms with Crippen LogP contribution in [0.5, 0.6) is 0 Å². The molecule has 0 aliphatic rings. The molecule has 0 saturated carbocycles. The molecule has 92 valence electrons. The average molecular weight is 284 g/mol. The van der Waals surface area contributed by atoms with Crippen LogP contribution >= 0.6 is 11.5 Å². The topological polar surface area (TPSA) is 95.7 Å².